The van der Waals surface area contributed by atoms with Gasteiger partial charge >= 0.3 is 0 Å². The number of hydrogen-bond donors (Lipinski definition) is 2. The first-order valence-electron chi connectivity index (χ1n) is 8.43. The van der Waals surface area contributed by atoms with E-state index in [4.69, 9.17) is 14.2 Å². The Hall–Kier alpha value is -1.79. The van der Waals surface area contributed by atoms with Crippen molar-refractivity contribution < 1.29 is 14.2 Å². The molecule has 1 aromatic carbocycles. The average molecular weight is 337 g/mol. The van der Waals surface area contributed by atoms with Gasteiger partial charge in [-0.2, -0.15) is 0 Å². The molecular formula is C18H31N3O3. The molecule has 0 atom stereocenters. The third-order valence-corrected chi connectivity index (χ3v) is 3.43. The molecule has 2 N–H and O–H groups in total. The van der Waals surface area contributed by atoms with Crippen molar-refractivity contribution in [3.05, 3.63) is 29.3 Å². The van der Waals surface area contributed by atoms with Crippen LogP contribution in [0.15, 0.2) is 23.2 Å². The smallest absolute Gasteiger partial charge is 0.191 e. The molecule has 0 fully saturated rings. The average Bonchev–Trinajstić information content (AvgIpc) is 2.59. The Morgan fingerprint density at radius 1 is 1.12 bits per heavy atom. The van der Waals surface area contributed by atoms with Gasteiger partial charge in [0.1, 0.15) is 5.75 Å². The standard InChI is InChI=1S/C18H31N3O3/c1-5-19-18(20-9-6-10-24-12-11-22-3)21-14-16-8-7-15(2)17(13-16)23-4/h7-8,13H,5-6,9-12,14H2,1-4H3,(H2,19,20,21). The fraction of sp³-hybridized carbons (Fsp3) is 0.611. The van der Waals surface area contributed by atoms with E-state index >= 15 is 0 Å². The number of benzene rings is 1. The lowest BCUT2D eigenvalue weighted by molar-refractivity contribution is 0.0698. The van der Waals surface area contributed by atoms with Crippen LogP contribution in [0, 0.1) is 6.92 Å². The lowest BCUT2D eigenvalue weighted by atomic mass is 10.1. The van der Waals surface area contributed by atoms with Crippen molar-refractivity contribution >= 4 is 5.96 Å². The highest BCUT2D eigenvalue weighted by Gasteiger charge is 2.01. The predicted molar refractivity (Wildman–Crippen MR) is 97.9 cm³/mol. The Bertz CT molecular complexity index is 492. The van der Waals surface area contributed by atoms with Crippen LogP contribution in [-0.4, -0.2) is 53.1 Å². The SMILES string of the molecule is CCNC(=NCc1ccc(C)c(OC)c1)NCCCOCCOC. The molecule has 136 valence electrons. The first kappa shape index (κ1) is 20.3. The summed E-state index contributed by atoms with van der Waals surface area (Å²) in [5.74, 6) is 1.71. The van der Waals surface area contributed by atoms with Gasteiger partial charge in [0, 0.05) is 26.8 Å². The van der Waals surface area contributed by atoms with Crippen molar-refractivity contribution in [2.75, 3.05) is 47.1 Å². The van der Waals surface area contributed by atoms with Gasteiger partial charge in [0.15, 0.2) is 5.96 Å². The van der Waals surface area contributed by atoms with Gasteiger partial charge in [-0.3, -0.25) is 0 Å². The number of hydrogen-bond acceptors (Lipinski definition) is 4. The van der Waals surface area contributed by atoms with E-state index in [0.717, 1.165) is 42.3 Å². The maximum absolute atomic E-state index is 5.44. The number of ether oxygens (including phenoxy) is 3. The van der Waals surface area contributed by atoms with Crippen molar-refractivity contribution in [2.24, 2.45) is 4.99 Å². The topological polar surface area (TPSA) is 64.1 Å². The zero-order chi connectivity index (χ0) is 17.6. The maximum atomic E-state index is 5.44. The van der Waals surface area contributed by atoms with Crippen LogP contribution in [0.2, 0.25) is 0 Å². The van der Waals surface area contributed by atoms with Crippen molar-refractivity contribution in [1.82, 2.24) is 10.6 Å². The first-order valence-corrected chi connectivity index (χ1v) is 8.43. The summed E-state index contributed by atoms with van der Waals surface area (Å²) >= 11 is 0. The van der Waals surface area contributed by atoms with Gasteiger partial charge in [-0.25, -0.2) is 4.99 Å². The van der Waals surface area contributed by atoms with Gasteiger partial charge < -0.3 is 24.8 Å². The normalized spacial score (nSPS) is 11.4. The van der Waals surface area contributed by atoms with Crippen molar-refractivity contribution in [3.63, 3.8) is 0 Å². The Balaban J connectivity index is 2.41. The molecule has 0 radical (unpaired) electrons. The number of aryl methyl sites for hydroxylation is 1. The molecule has 1 rings (SSSR count). The molecule has 6 heteroatoms. The summed E-state index contributed by atoms with van der Waals surface area (Å²) in [4.78, 5) is 4.61. The van der Waals surface area contributed by atoms with Gasteiger partial charge in [0.2, 0.25) is 0 Å². The van der Waals surface area contributed by atoms with E-state index in [1.54, 1.807) is 14.2 Å². The zero-order valence-electron chi connectivity index (χ0n) is 15.4. The predicted octanol–water partition coefficient (Wildman–Crippen LogP) is 2.11. The molecule has 0 heterocycles. The van der Waals surface area contributed by atoms with E-state index in [1.807, 2.05) is 13.0 Å². The molecule has 0 aliphatic rings. The van der Waals surface area contributed by atoms with E-state index < -0.39 is 0 Å². The maximum Gasteiger partial charge on any atom is 0.191 e. The molecule has 0 unspecified atom stereocenters. The van der Waals surface area contributed by atoms with Crippen LogP contribution in [-0.2, 0) is 16.0 Å². The Morgan fingerprint density at radius 3 is 2.67 bits per heavy atom. The van der Waals surface area contributed by atoms with Crippen LogP contribution in [0.3, 0.4) is 0 Å². The minimum Gasteiger partial charge on any atom is -0.496 e. The van der Waals surface area contributed by atoms with E-state index in [2.05, 4.69) is 34.7 Å². The number of methoxy groups -OCH3 is 2. The molecule has 0 amide bonds. The minimum atomic E-state index is 0.607. The fourth-order valence-electron chi connectivity index (χ4n) is 2.10. The molecule has 0 saturated heterocycles. The van der Waals surface area contributed by atoms with Gasteiger partial charge in [0.05, 0.1) is 26.9 Å². The van der Waals surface area contributed by atoms with Crippen LogP contribution in [0.5, 0.6) is 5.75 Å². The third kappa shape index (κ3) is 8.17. The summed E-state index contributed by atoms with van der Waals surface area (Å²) in [6.45, 7) is 8.33. The molecular weight excluding hydrogens is 306 g/mol. The van der Waals surface area contributed by atoms with Crippen molar-refractivity contribution in [2.45, 2.75) is 26.8 Å². The minimum absolute atomic E-state index is 0.607. The largest absolute Gasteiger partial charge is 0.496 e. The summed E-state index contributed by atoms with van der Waals surface area (Å²) < 4.78 is 15.7. The number of rotatable bonds is 11. The van der Waals surface area contributed by atoms with Gasteiger partial charge in [-0.15, -0.1) is 0 Å². The number of aliphatic imine (C=N–C) groups is 1. The lowest BCUT2D eigenvalue weighted by Gasteiger charge is -2.12. The second-order valence-electron chi connectivity index (χ2n) is 5.38. The van der Waals surface area contributed by atoms with Crippen LogP contribution in [0.25, 0.3) is 0 Å². The molecule has 0 aliphatic heterocycles. The van der Waals surface area contributed by atoms with Crippen LogP contribution < -0.4 is 15.4 Å². The van der Waals surface area contributed by atoms with Gasteiger partial charge in [-0.1, -0.05) is 12.1 Å². The number of nitrogens with one attached hydrogen (secondary N) is 2. The van der Waals surface area contributed by atoms with E-state index in [1.165, 1.54) is 0 Å². The van der Waals surface area contributed by atoms with Gasteiger partial charge in [0.25, 0.3) is 0 Å². The first-order chi connectivity index (χ1) is 11.7. The lowest BCUT2D eigenvalue weighted by Crippen LogP contribution is -2.38. The Morgan fingerprint density at radius 2 is 1.96 bits per heavy atom. The summed E-state index contributed by atoms with van der Waals surface area (Å²) in [6.07, 6.45) is 0.923. The van der Waals surface area contributed by atoms with Crippen LogP contribution in [0.1, 0.15) is 24.5 Å². The fourth-order valence-corrected chi connectivity index (χ4v) is 2.10. The van der Waals surface area contributed by atoms with Crippen LogP contribution >= 0.6 is 0 Å². The molecule has 0 saturated carbocycles. The Labute approximate surface area is 145 Å². The molecule has 6 nitrogen and oxygen atoms in total. The highest BCUT2D eigenvalue weighted by Crippen LogP contribution is 2.19. The summed E-state index contributed by atoms with van der Waals surface area (Å²) in [5.41, 5.74) is 2.25. The van der Waals surface area contributed by atoms with E-state index in [9.17, 15) is 0 Å². The molecule has 0 bridgehead atoms. The zero-order valence-corrected chi connectivity index (χ0v) is 15.4. The summed E-state index contributed by atoms with van der Waals surface area (Å²) in [6, 6.07) is 6.17. The van der Waals surface area contributed by atoms with E-state index in [0.29, 0.717) is 26.4 Å². The molecule has 24 heavy (non-hydrogen) atoms. The second kappa shape index (κ2) is 12.6. The van der Waals surface area contributed by atoms with Crippen LogP contribution in [0.4, 0.5) is 0 Å². The summed E-state index contributed by atoms with van der Waals surface area (Å²) in [7, 11) is 3.36. The molecule has 0 spiro atoms. The molecule has 1 aromatic rings. The van der Waals surface area contributed by atoms with Crippen molar-refractivity contribution in [1.29, 1.82) is 0 Å². The van der Waals surface area contributed by atoms with Gasteiger partial charge in [-0.05, 0) is 37.5 Å². The third-order valence-electron chi connectivity index (χ3n) is 3.43. The molecule has 0 aromatic heterocycles. The highest BCUT2D eigenvalue weighted by atomic mass is 16.5. The monoisotopic (exact) mass is 337 g/mol. The second-order valence-corrected chi connectivity index (χ2v) is 5.38. The molecule has 0 aliphatic carbocycles. The number of guanidine groups is 1. The highest BCUT2D eigenvalue weighted by molar-refractivity contribution is 5.79. The van der Waals surface area contributed by atoms with Crippen molar-refractivity contribution in [3.8, 4) is 5.75 Å². The van der Waals surface area contributed by atoms with E-state index in [-0.39, 0.29) is 0 Å². The quantitative estimate of drug-likeness (QED) is 0.368. The Kier molecular flexibility index (Phi) is 10.6. The number of nitrogens with zero attached hydrogens (tertiary/aromatic N) is 1. The summed E-state index contributed by atoms with van der Waals surface area (Å²) in [5, 5.41) is 6.57.